The number of fused-ring (bicyclic) bond motifs is 2. The zero-order chi connectivity index (χ0) is 24.9. The largest absolute Gasteiger partial charge is 0.457 e. The van der Waals surface area contributed by atoms with E-state index in [2.05, 4.69) is 4.98 Å². The van der Waals surface area contributed by atoms with Crippen molar-refractivity contribution in [1.29, 1.82) is 0 Å². The molecule has 34 heavy (non-hydrogen) atoms. The lowest BCUT2D eigenvalue weighted by atomic mass is 9.58. The monoisotopic (exact) mass is 491 g/mol. The summed E-state index contributed by atoms with van der Waals surface area (Å²) in [5.41, 5.74) is 3.30. The third-order valence-corrected chi connectivity index (χ3v) is 8.30. The highest BCUT2D eigenvalue weighted by atomic mass is 32.1. The number of ether oxygens (including phenoxy) is 1. The lowest BCUT2D eigenvalue weighted by molar-refractivity contribution is -0.157. The molecule has 3 rings (SSSR count). The normalized spacial score (nSPS) is 35.8. The van der Waals surface area contributed by atoms with Crippen molar-refractivity contribution < 1.29 is 29.6 Å². The summed E-state index contributed by atoms with van der Waals surface area (Å²) in [5, 5.41) is 32.7. The first-order valence-electron chi connectivity index (χ1n) is 12.1. The summed E-state index contributed by atoms with van der Waals surface area (Å²) >= 11 is 1.48. The number of aliphatic hydroxyl groups is 3. The fraction of sp³-hybridized carbons (Fsp3) is 0.654. The highest BCUT2D eigenvalue weighted by molar-refractivity contribution is 7.07. The van der Waals surface area contributed by atoms with Crippen LogP contribution in [0.2, 0.25) is 0 Å². The van der Waals surface area contributed by atoms with Crippen molar-refractivity contribution in [1.82, 2.24) is 4.98 Å². The van der Waals surface area contributed by atoms with Crippen LogP contribution in [0.4, 0.5) is 0 Å². The molecule has 1 fully saturated rings. The number of ketones is 1. The summed E-state index contributed by atoms with van der Waals surface area (Å²) in [5.74, 6) is -1.84. The molecule has 3 unspecified atom stereocenters. The number of aromatic nitrogens is 1. The Morgan fingerprint density at radius 1 is 1.35 bits per heavy atom. The minimum atomic E-state index is -0.919. The van der Waals surface area contributed by atoms with Crippen molar-refractivity contribution in [2.24, 2.45) is 23.2 Å². The average Bonchev–Trinajstić information content (AvgIpc) is 3.32. The minimum Gasteiger partial charge on any atom is -0.457 e. The smallest absolute Gasteiger partial charge is 0.306 e. The van der Waals surface area contributed by atoms with Crippen LogP contribution in [0.15, 0.2) is 28.1 Å². The SMILES string of the molecule is C/C(=C\c1cscn1)C1C/C=C(/CO)CCC[C@@H]2CC(C)(C(=O)[C@H](C)C2O)[C@@H](CO)CC(=O)O1. The second-order valence-electron chi connectivity index (χ2n) is 10.0. The van der Waals surface area contributed by atoms with Gasteiger partial charge in [-0.2, -0.15) is 0 Å². The van der Waals surface area contributed by atoms with Crippen LogP contribution in [0.1, 0.15) is 65.0 Å². The number of carbonyl (C=O) groups is 2. The van der Waals surface area contributed by atoms with E-state index in [0.29, 0.717) is 25.7 Å². The number of carbonyl (C=O) groups excluding carboxylic acids is 2. The number of cyclic esters (lactones) is 1. The molecule has 1 aliphatic heterocycles. The molecule has 8 heteroatoms. The highest BCUT2D eigenvalue weighted by Gasteiger charge is 2.51. The minimum absolute atomic E-state index is 0.0780. The van der Waals surface area contributed by atoms with E-state index in [9.17, 15) is 24.9 Å². The van der Waals surface area contributed by atoms with Crippen LogP contribution < -0.4 is 0 Å². The number of Topliss-reactive ketones (excluding diaryl/α,β-unsaturated/α-hetero) is 1. The molecule has 0 saturated heterocycles. The van der Waals surface area contributed by atoms with Gasteiger partial charge in [-0.25, -0.2) is 4.98 Å². The van der Waals surface area contributed by atoms with E-state index in [1.54, 1.807) is 12.4 Å². The third kappa shape index (κ3) is 6.03. The molecule has 2 aliphatic rings. The zero-order valence-electron chi connectivity index (χ0n) is 20.3. The van der Waals surface area contributed by atoms with E-state index in [4.69, 9.17) is 4.74 Å². The summed E-state index contributed by atoms with van der Waals surface area (Å²) in [6.45, 7) is 5.04. The molecule has 3 N–H and O–H groups in total. The molecule has 0 spiro atoms. The Balaban J connectivity index is 1.93. The van der Waals surface area contributed by atoms with Gasteiger partial charge < -0.3 is 20.1 Å². The van der Waals surface area contributed by atoms with Crippen LogP contribution in [-0.2, 0) is 14.3 Å². The van der Waals surface area contributed by atoms with Gasteiger partial charge in [-0.15, -0.1) is 11.3 Å². The van der Waals surface area contributed by atoms with E-state index in [0.717, 1.165) is 23.3 Å². The second-order valence-corrected chi connectivity index (χ2v) is 10.8. The number of rotatable bonds is 4. The Kier molecular flexibility index (Phi) is 9.20. The molecule has 1 aliphatic carbocycles. The molecule has 2 bridgehead atoms. The summed E-state index contributed by atoms with van der Waals surface area (Å²) in [6.07, 6.45) is 5.42. The Bertz CT molecular complexity index is 910. The lowest BCUT2D eigenvalue weighted by Crippen LogP contribution is -2.53. The van der Waals surface area contributed by atoms with E-state index >= 15 is 0 Å². The summed E-state index contributed by atoms with van der Waals surface area (Å²) < 4.78 is 5.87. The maximum Gasteiger partial charge on any atom is 0.306 e. The zero-order valence-corrected chi connectivity index (χ0v) is 21.1. The number of thiazole rings is 1. The standard InChI is InChI=1S/C26H37NO6S/c1-16(9-21-14-34-15-27-21)22-8-7-18(12-28)5-4-6-19-11-26(3,25(32)17(2)24(19)31)20(13-29)10-23(30)33-22/h7,9,14-15,17,19-20,22,24,28-29,31H,4-6,8,10-13H2,1-3H3/b16-9+,18-7+/t17-,19-,20-,22?,24?,26?/m1/s1. The van der Waals surface area contributed by atoms with Gasteiger partial charge in [-0.1, -0.05) is 19.9 Å². The molecule has 6 atom stereocenters. The van der Waals surface area contributed by atoms with Gasteiger partial charge in [0.25, 0.3) is 0 Å². The predicted octanol–water partition coefficient (Wildman–Crippen LogP) is 3.54. The van der Waals surface area contributed by atoms with Crippen LogP contribution >= 0.6 is 11.3 Å². The van der Waals surface area contributed by atoms with Crippen LogP contribution in [0.25, 0.3) is 6.08 Å². The van der Waals surface area contributed by atoms with Gasteiger partial charge in [0.1, 0.15) is 11.9 Å². The molecular formula is C26H37NO6S. The van der Waals surface area contributed by atoms with Gasteiger partial charge in [0.2, 0.25) is 0 Å². The molecule has 2 heterocycles. The van der Waals surface area contributed by atoms with Gasteiger partial charge in [0.05, 0.1) is 30.3 Å². The van der Waals surface area contributed by atoms with Crippen molar-refractivity contribution in [3.05, 3.63) is 33.8 Å². The molecule has 188 valence electrons. The average molecular weight is 492 g/mol. The fourth-order valence-corrected chi connectivity index (χ4v) is 5.96. The maximum atomic E-state index is 13.3. The molecule has 0 amide bonds. The Labute approximate surface area is 205 Å². The fourth-order valence-electron chi connectivity index (χ4n) is 5.45. The summed E-state index contributed by atoms with van der Waals surface area (Å²) in [6, 6.07) is 0. The highest BCUT2D eigenvalue weighted by Crippen LogP contribution is 2.47. The van der Waals surface area contributed by atoms with Crippen LogP contribution in [0.5, 0.6) is 0 Å². The van der Waals surface area contributed by atoms with Crippen molar-refractivity contribution in [3.63, 3.8) is 0 Å². The molecule has 1 aromatic heterocycles. The first-order valence-corrected chi connectivity index (χ1v) is 13.0. The topological polar surface area (TPSA) is 117 Å². The van der Waals surface area contributed by atoms with Crippen molar-refractivity contribution in [2.75, 3.05) is 13.2 Å². The van der Waals surface area contributed by atoms with Gasteiger partial charge >= 0.3 is 5.97 Å². The van der Waals surface area contributed by atoms with Gasteiger partial charge in [-0.3, -0.25) is 9.59 Å². The molecule has 1 aromatic rings. The number of hydrogen-bond donors (Lipinski definition) is 3. The van der Waals surface area contributed by atoms with E-state index in [1.807, 2.05) is 31.4 Å². The van der Waals surface area contributed by atoms with Gasteiger partial charge in [0.15, 0.2) is 0 Å². The summed E-state index contributed by atoms with van der Waals surface area (Å²) in [7, 11) is 0. The molecular weight excluding hydrogens is 454 g/mol. The molecule has 1 saturated carbocycles. The second kappa shape index (κ2) is 11.7. The summed E-state index contributed by atoms with van der Waals surface area (Å²) in [4.78, 5) is 30.6. The van der Waals surface area contributed by atoms with Crippen LogP contribution in [-0.4, -0.2) is 57.5 Å². The van der Waals surface area contributed by atoms with E-state index in [-0.39, 0.29) is 31.3 Å². The van der Waals surface area contributed by atoms with Crippen molar-refractivity contribution in [2.45, 2.75) is 71.5 Å². The van der Waals surface area contributed by atoms with E-state index < -0.39 is 35.4 Å². The quantitative estimate of drug-likeness (QED) is 0.436. The Morgan fingerprint density at radius 2 is 2.12 bits per heavy atom. The van der Waals surface area contributed by atoms with Gasteiger partial charge in [0, 0.05) is 35.7 Å². The Morgan fingerprint density at radius 3 is 2.76 bits per heavy atom. The maximum absolute atomic E-state index is 13.3. The van der Waals surface area contributed by atoms with E-state index in [1.165, 1.54) is 11.3 Å². The number of hydrogen-bond acceptors (Lipinski definition) is 8. The first kappa shape index (κ1) is 26.7. The molecule has 0 aromatic carbocycles. The molecule has 7 nitrogen and oxygen atoms in total. The first-order chi connectivity index (χ1) is 16.2. The predicted molar refractivity (Wildman–Crippen MR) is 131 cm³/mol. The van der Waals surface area contributed by atoms with Crippen molar-refractivity contribution >= 4 is 29.2 Å². The van der Waals surface area contributed by atoms with Gasteiger partial charge in [-0.05, 0) is 55.7 Å². The Hall–Kier alpha value is -1.87. The third-order valence-electron chi connectivity index (χ3n) is 7.70. The number of esters is 1. The van der Waals surface area contributed by atoms with Crippen LogP contribution in [0.3, 0.4) is 0 Å². The number of aliphatic hydroxyl groups excluding tert-OH is 3. The lowest BCUT2D eigenvalue weighted by Gasteiger charge is -2.46. The van der Waals surface area contributed by atoms with Crippen LogP contribution in [0, 0.1) is 23.2 Å². The number of nitrogens with zero attached hydrogens (tertiary/aromatic N) is 1. The van der Waals surface area contributed by atoms with Crippen molar-refractivity contribution in [3.8, 4) is 0 Å². The molecule has 0 radical (unpaired) electrons.